The average molecular weight is 288 g/mol. The second-order valence-electron chi connectivity index (χ2n) is 4.00. The predicted octanol–water partition coefficient (Wildman–Crippen LogP) is 3.91. The molecule has 0 heterocycles. The molecule has 0 radical (unpaired) electrons. The smallest absolute Gasteiger partial charge is 0.123 e. The van der Waals surface area contributed by atoms with Gasteiger partial charge in [0, 0.05) is 10.5 Å². The van der Waals surface area contributed by atoms with Crippen LogP contribution in [-0.2, 0) is 6.42 Å². The van der Waals surface area contributed by atoms with Crippen LogP contribution in [0.2, 0.25) is 0 Å². The zero-order chi connectivity index (χ0) is 12.0. The van der Waals surface area contributed by atoms with Crippen molar-refractivity contribution in [3.63, 3.8) is 0 Å². The highest BCUT2D eigenvalue weighted by atomic mass is 79.9. The van der Waals surface area contributed by atoms with Gasteiger partial charge in [-0.2, -0.15) is 0 Å². The second kappa shape index (κ2) is 7.02. The van der Waals surface area contributed by atoms with E-state index in [2.05, 4.69) is 35.1 Å². The Kier molecular flexibility index (Phi) is 5.99. The highest BCUT2D eigenvalue weighted by molar-refractivity contribution is 9.10. The summed E-state index contributed by atoms with van der Waals surface area (Å²) in [7, 11) is 0. The summed E-state index contributed by atoms with van der Waals surface area (Å²) in [5, 5.41) is 3.47. The number of rotatable bonds is 6. The van der Waals surface area contributed by atoms with Crippen LogP contribution in [0.5, 0.6) is 0 Å². The van der Waals surface area contributed by atoms with Gasteiger partial charge >= 0.3 is 0 Å². The summed E-state index contributed by atoms with van der Waals surface area (Å²) >= 11 is 3.46. The first-order chi connectivity index (χ1) is 7.67. The summed E-state index contributed by atoms with van der Waals surface area (Å²) in [5.74, 6) is -0.163. The molecule has 3 heteroatoms. The van der Waals surface area contributed by atoms with Crippen molar-refractivity contribution < 1.29 is 4.39 Å². The van der Waals surface area contributed by atoms with Crippen LogP contribution in [0.4, 0.5) is 4.39 Å². The van der Waals surface area contributed by atoms with Crippen molar-refractivity contribution in [1.82, 2.24) is 5.32 Å². The Morgan fingerprint density at radius 2 is 2.12 bits per heavy atom. The number of hydrogen-bond acceptors (Lipinski definition) is 1. The second-order valence-corrected chi connectivity index (χ2v) is 4.85. The maximum atomic E-state index is 13.1. The highest BCUT2D eigenvalue weighted by Crippen LogP contribution is 2.20. The van der Waals surface area contributed by atoms with Gasteiger partial charge in [-0.1, -0.05) is 29.8 Å². The van der Waals surface area contributed by atoms with Gasteiger partial charge in [-0.05, 0) is 49.6 Å². The van der Waals surface area contributed by atoms with Crippen LogP contribution in [0.15, 0.2) is 22.7 Å². The summed E-state index contributed by atoms with van der Waals surface area (Å²) in [5.41, 5.74) is 1.04. The zero-order valence-corrected chi connectivity index (χ0v) is 11.5. The molecule has 1 rings (SSSR count). The molecule has 0 aliphatic rings. The molecule has 0 amide bonds. The fraction of sp³-hybridized carbons (Fsp3) is 0.538. The van der Waals surface area contributed by atoms with Crippen LogP contribution in [-0.4, -0.2) is 12.6 Å². The molecule has 1 unspecified atom stereocenters. The maximum Gasteiger partial charge on any atom is 0.123 e. The number of hydrogen-bond donors (Lipinski definition) is 1. The molecule has 1 aromatic rings. The molecule has 1 N–H and O–H groups in total. The lowest BCUT2D eigenvalue weighted by atomic mass is 10.0. The van der Waals surface area contributed by atoms with E-state index in [9.17, 15) is 4.39 Å². The minimum absolute atomic E-state index is 0.163. The fourth-order valence-corrected chi connectivity index (χ4v) is 2.08. The van der Waals surface area contributed by atoms with Crippen molar-refractivity contribution in [2.45, 2.75) is 39.2 Å². The van der Waals surface area contributed by atoms with Gasteiger partial charge in [-0.25, -0.2) is 4.39 Å². The largest absolute Gasteiger partial charge is 0.314 e. The lowest BCUT2D eigenvalue weighted by Gasteiger charge is -2.17. The van der Waals surface area contributed by atoms with Gasteiger partial charge in [-0.3, -0.25) is 0 Å². The zero-order valence-electron chi connectivity index (χ0n) is 9.89. The van der Waals surface area contributed by atoms with E-state index in [0.29, 0.717) is 6.04 Å². The molecule has 1 nitrogen and oxygen atoms in total. The monoisotopic (exact) mass is 287 g/mol. The lowest BCUT2D eigenvalue weighted by Crippen LogP contribution is -2.31. The molecule has 0 fully saturated rings. The van der Waals surface area contributed by atoms with Crippen LogP contribution in [0.3, 0.4) is 0 Å². The minimum atomic E-state index is -0.163. The van der Waals surface area contributed by atoms with Crippen molar-refractivity contribution >= 4 is 15.9 Å². The number of benzene rings is 1. The van der Waals surface area contributed by atoms with Crippen molar-refractivity contribution in [3.8, 4) is 0 Å². The molecule has 90 valence electrons. The maximum absolute atomic E-state index is 13.1. The summed E-state index contributed by atoms with van der Waals surface area (Å²) in [6, 6.07) is 5.30. The van der Waals surface area contributed by atoms with Crippen LogP contribution < -0.4 is 5.32 Å². The summed E-state index contributed by atoms with van der Waals surface area (Å²) < 4.78 is 14.1. The van der Waals surface area contributed by atoms with Gasteiger partial charge in [-0.15, -0.1) is 0 Å². The SMILES string of the molecule is CCCNC(CC)Cc1cc(F)ccc1Br. The Morgan fingerprint density at radius 1 is 1.38 bits per heavy atom. The molecule has 0 aliphatic heterocycles. The van der Waals surface area contributed by atoms with E-state index in [1.54, 1.807) is 12.1 Å². The van der Waals surface area contributed by atoms with Crippen molar-refractivity contribution in [2.24, 2.45) is 0 Å². The van der Waals surface area contributed by atoms with Crippen molar-refractivity contribution in [2.75, 3.05) is 6.54 Å². The molecule has 0 bridgehead atoms. The van der Waals surface area contributed by atoms with Gasteiger partial charge in [0.05, 0.1) is 0 Å². The van der Waals surface area contributed by atoms with E-state index in [0.717, 1.165) is 35.8 Å². The third kappa shape index (κ3) is 4.22. The quantitative estimate of drug-likeness (QED) is 0.837. The van der Waals surface area contributed by atoms with E-state index in [1.807, 2.05) is 0 Å². The van der Waals surface area contributed by atoms with Gasteiger partial charge in [0.15, 0.2) is 0 Å². The topological polar surface area (TPSA) is 12.0 Å². The predicted molar refractivity (Wildman–Crippen MR) is 70.2 cm³/mol. The normalized spacial score (nSPS) is 12.8. The first-order valence-electron chi connectivity index (χ1n) is 5.84. The van der Waals surface area contributed by atoms with Crippen LogP contribution in [0.25, 0.3) is 0 Å². The lowest BCUT2D eigenvalue weighted by molar-refractivity contribution is 0.493. The Hall–Kier alpha value is -0.410. The molecule has 0 aliphatic carbocycles. The molecule has 0 saturated carbocycles. The Bertz CT molecular complexity index is 328. The van der Waals surface area contributed by atoms with Gasteiger partial charge in [0.2, 0.25) is 0 Å². The average Bonchev–Trinajstić information content (AvgIpc) is 2.28. The molecule has 0 spiro atoms. The fourth-order valence-electron chi connectivity index (χ4n) is 1.67. The Morgan fingerprint density at radius 3 is 2.75 bits per heavy atom. The van der Waals surface area contributed by atoms with Crippen LogP contribution in [0.1, 0.15) is 32.3 Å². The summed E-state index contributed by atoms with van der Waals surface area (Å²) in [6.45, 7) is 5.32. The van der Waals surface area contributed by atoms with Crippen molar-refractivity contribution in [3.05, 3.63) is 34.1 Å². The molecular formula is C13H19BrFN. The van der Waals surface area contributed by atoms with Gasteiger partial charge < -0.3 is 5.32 Å². The van der Waals surface area contributed by atoms with Gasteiger partial charge in [0.25, 0.3) is 0 Å². The van der Waals surface area contributed by atoms with E-state index in [-0.39, 0.29) is 5.82 Å². The van der Waals surface area contributed by atoms with E-state index < -0.39 is 0 Å². The van der Waals surface area contributed by atoms with E-state index >= 15 is 0 Å². The molecule has 0 aromatic heterocycles. The van der Waals surface area contributed by atoms with Crippen LogP contribution in [0, 0.1) is 5.82 Å². The van der Waals surface area contributed by atoms with E-state index in [1.165, 1.54) is 6.07 Å². The minimum Gasteiger partial charge on any atom is -0.314 e. The number of halogens is 2. The van der Waals surface area contributed by atoms with Gasteiger partial charge in [0.1, 0.15) is 5.82 Å². The van der Waals surface area contributed by atoms with E-state index in [4.69, 9.17) is 0 Å². The first kappa shape index (κ1) is 13.7. The number of nitrogens with one attached hydrogen (secondary N) is 1. The molecule has 16 heavy (non-hydrogen) atoms. The van der Waals surface area contributed by atoms with Crippen molar-refractivity contribution in [1.29, 1.82) is 0 Å². The molecule has 0 saturated heterocycles. The molecule has 1 atom stereocenters. The third-order valence-electron chi connectivity index (χ3n) is 2.65. The van der Waals surface area contributed by atoms with Crippen LogP contribution >= 0.6 is 15.9 Å². The summed E-state index contributed by atoms with van der Waals surface area (Å²) in [6.07, 6.45) is 3.05. The first-order valence-corrected chi connectivity index (χ1v) is 6.64. The third-order valence-corrected chi connectivity index (χ3v) is 3.42. The standard InChI is InChI=1S/C13H19BrFN/c1-3-7-16-12(4-2)9-10-8-11(15)5-6-13(10)14/h5-6,8,12,16H,3-4,7,9H2,1-2H3. The summed E-state index contributed by atoms with van der Waals surface area (Å²) in [4.78, 5) is 0. The highest BCUT2D eigenvalue weighted by Gasteiger charge is 2.09. The Balaban J connectivity index is 2.65. The Labute approximate surface area is 106 Å². The molecule has 1 aromatic carbocycles. The molecular weight excluding hydrogens is 269 g/mol.